The number of benzene rings is 2. The zero-order valence-electron chi connectivity index (χ0n) is 13.8. The van der Waals surface area contributed by atoms with E-state index in [1.807, 2.05) is 4.90 Å². The summed E-state index contributed by atoms with van der Waals surface area (Å²) >= 11 is 0. The summed E-state index contributed by atoms with van der Waals surface area (Å²) in [6, 6.07) is 9.44. The number of carbonyl (C=O) groups excluding carboxylic acids is 1. The summed E-state index contributed by atoms with van der Waals surface area (Å²) < 4.78 is 27.6. The number of non-ortho nitro benzene ring substituents is 1. The maximum absolute atomic E-state index is 13.8. The maximum Gasteiger partial charge on any atom is 0.271 e. The van der Waals surface area contributed by atoms with Crippen molar-refractivity contribution < 1.29 is 18.5 Å². The lowest BCUT2D eigenvalue weighted by atomic mass is 9.95. The first kappa shape index (κ1) is 17.8. The van der Waals surface area contributed by atoms with Crippen molar-refractivity contribution in [2.75, 3.05) is 23.3 Å². The molecule has 1 amide bonds. The Morgan fingerprint density at radius 1 is 1.12 bits per heavy atom. The Kier molecular flexibility index (Phi) is 5.11. The molecule has 1 aliphatic heterocycles. The lowest BCUT2D eigenvalue weighted by Gasteiger charge is -2.33. The van der Waals surface area contributed by atoms with E-state index < -0.39 is 16.6 Å². The maximum atomic E-state index is 13.8. The average Bonchev–Trinajstić information content (AvgIpc) is 2.64. The van der Waals surface area contributed by atoms with Crippen LogP contribution in [-0.2, 0) is 4.79 Å². The van der Waals surface area contributed by atoms with Crippen molar-refractivity contribution in [3.05, 3.63) is 64.2 Å². The zero-order valence-corrected chi connectivity index (χ0v) is 13.8. The highest BCUT2D eigenvalue weighted by molar-refractivity contribution is 5.93. The summed E-state index contributed by atoms with van der Waals surface area (Å²) in [5.41, 5.74) is -0.00658. The molecule has 8 heteroatoms. The summed E-state index contributed by atoms with van der Waals surface area (Å²) in [4.78, 5) is 24.4. The standard InChI is InChI=1S/C18H17F2N3O3/c19-14-6-5-13(23(25)26)11-16(14)21-18(24)12-7-9-22(10-8-12)17-4-2-1-3-15(17)20/h1-6,11-12H,7-10H2,(H,21,24). The fourth-order valence-corrected chi connectivity index (χ4v) is 3.05. The van der Waals surface area contributed by atoms with Gasteiger partial charge in [0.25, 0.3) is 5.69 Å². The molecule has 1 N–H and O–H groups in total. The number of anilines is 2. The summed E-state index contributed by atoms with van der Waals surface area (Å²) in [5, 5.41) is 13.2. The third kappa shape index (κ3) is 3.79. The third-order valence-electron chi connectivity index (χ3n) is 4.48. The minimum atomic E-state index is -0.729. The van der Waals surface area contributed by atoms with Gasteiger partial charge in [-0.1, -0.05) is 12.1 Å². The predicted octanol–water partition coefficient (Wildman–Crippen LogP) is 3.73. The fourth-order valence-electron chi connectivity index (χ4n) is 3.05. The van der Waals surface area contributed by atoms with Gasteiger partial charge in [-0.2, -0.15) is 0 Å². The number of rotatable bonds is 4. The first-order valence-electron chi connectivity index (χ1n) is 8.20. The summed E-state index contributed by atoms with van der Waals surface area (Å²) in [6.07, 6.45) is 0.966. The fraction of sp³-hybridized carbons (Fsp3) is 0.278. The molecule has 2 aromatic carbocycles. The number of amides is 1. The Morgan fingerprint density at radius 2 is 1.81 bits per heavy atom. The van der Waals surface area contributed by atoms with Gasteiger partial charge in [-0.05, 0) is 31.0 Å². The van der Waals surface area contributed by atoms with Gasteiger partial charge in [-0.3, -0.25) is 14.9 Å². The van der Waals surface area contributed by atoms with Crippen LogP contribution >= 0.6 is 0 Å². The first-order chi connectivity index (χ1) is 12.5. The van der Waals surface area contributed by atoms with Gasteiger partial charge in [-0.25, -0.2) is 8.78 Å². The van der Waals surface area contributed by atoms with E-state index in [4.69, 9.17) is 0 Å². The van der Waals surface area contributed by atoms with E-state index in [9.17, 15) is 23.7 Å². The highest BCUT2D eigenvalue weighted by Gasteiger charge is 2.27. The number of para-hydroxylation sites is 1. The van der Waals surface area contributed by atoms with Gasteiger partial charge in [0, 0.05) is 31.1 Å². The summed E-state index contributed by atoms with van der Waals surface area (Å²) in [7, 11) is 0. The second-order valence-corrected chi connectivity index (χ2v) is 6.12. The molecule has 0 atom stereocenters. The van der Waals surface area contributed by atoms with E-state index in [1.54, 1.807) is 18.2 Å². The monoisotopic (exact) mass is 361 g/mol. The SMILES string of the molecule is O=C(Nc1cc([N+](=O)[O-])ccc1F)C1CCN(c2ccccc2F)CC1. The number of halogens is 2. The van der Waals surface area contributed by atoms with E-state index in [1.165, 1.54) is 6.07 Å². The summed E-state index contributed by atoms with van der Waals surface area (Å²) in [5.74, 6) is -1.80. The second kappa shape index (κ2) is 7.47. The van der Waals surface area contributed by atoms with Crippen LogP contribution in [0.15, 0.2) is 42.5 Å². The third-order valence-corrected chi connectivity index (χ3v) is 4.48. The first-order valence-corrected chi connectivity index (χ1v) is 8.20. The average molecular weight is 361 g/mol. The van der Waals surface area contributed by atoms with Gasteiger partial charge >= 0.3 is 0 Å². The molecular formula is C18H17F2N3O3. The lowest BCUT2D eigenvalue weighted by Crippen LogP contribution is -2.38. The van der Waals surface area contributed by atoms with Crippen LogP contribution in [0.4, 0.5) is 25.8 Å². The van der Waals surface area contributed by atoms with Crippen molar-refractivity contribution in [2.24, 2.45) is 5.92 Å². The van der Waals surface area contributed by atoms with E-state index in [0.29, 0.717) is 31.6 Å². The van der Waals surface area contributed by atoms with E-state index in [0.717, 1.165) is 18.2 Å². The number of nitrogens with one attached hydrogen (secondary N) is 1. The number of hydrogen-bond acceptors (Lipinski definition) is 4. The molecule has 26 heavy (non-hydrogen) atoms. The molecule has 1 saturated heterocycles. The Labute approximate surface area is 148 Å². The topological polar surface area (TPSA) is 75.5 Å². The van der Waals surface area contributed by atoms with E-state index in [2.05, 4.69) is 5.32 Å². The molecule has 0 radical (unpaired) electrons. The van der Waals surface area contributed by atoms with Gasteiger partial charge in [0.05, 0.1) is 16.3 Å². The van der Waals surface area contributed by atoms with E-state index >= 15 is 0 Å². The van der Waals surface area contributed by atoms with E-state index in [-0.39, 0.29) is 23.1 Å². The molecule has 0 aromatic heterocycles. The van der Waals surface area contributed by atoms with Crippen molar-refractivity contribution in [1.29, 1.82) is 0 Å². The Balaban J connectivity index is 1.63. The van der Waals surface area contributed by atoms with Crippen LogP contribution in [0.1, 0.15) is 12.8 Å². The molecule has 2 aromatic rings. The van der Waals surface area contributed by atoms with Gasteiger partial charge in [0.15, 0.2) is 0 Å². The van der Waals surface area contributed by atoms with Crippen LogP contribution in [0.3, 0.4) is 0 Å². The number of nitro groups is 1. The van der Waals surface area contributed by atoms with Crippen LogP contribution in [-0.4, -0.2) is 23.9 Å². The molecule has 0 bridgehead atoms. The summed E-state index contributed by atoms with van der Waals surface area (Å²) in [6.45, 7) is 0.993. The van der Waals surface area contributed by atoms with Crippen molar-refractivity contribution >= 4 is 23.0 Å². The molecule has 3 rings (SSSR count). The van der Waals surface area contributed by atoms with Gasteiger partial charge < -0.3 is 10.2 Å². The highest BCUT2D eigenvalue weighted by atomic mass is 19.1. The van der Waals surface area contributed by atoms with Crippen LogP contribution in [0, 0.1) is 27.7 Å². The molecule has 136 valence electrons. The van der Waals surface area contributed by atoms with Crippen molar-refractivity contribution in [3.63, 3.8) is 0 Å². The molecule has 0 unspecified atom stereocenters. The quantitative estimate of drug-likeness (QED) is 0.665. The van der Waals surface area contributed by atoms with Crippen LogP contribution in [0.2, 0.25) is 0 Å². The van der Waals surface area contributed by atoms with Crippen molar-refractivity contribution in [2.45, 2.75) is 12.8 Å². The minimum absolute atomic E-state index is 0.208. The number of nitrogens with zero attached hydrogens (tertiary/aromatic N) is 2. The normalized spacial score (nSPS) is 14.9. The molecule has 0 saturated carbocycles. The molecule has 0 spiro atoms. The molecular weight excluding hydrogens is 344 g/mol. The molecule has 0 aliphatic carbocycles. The second-order valence-electron chi connectivity index (χ2n) is 6.12. The molecule has 6 nitrogen and oxygen atoms in total. The largest absolute Gasteiger partial charge is 0.369 e. The van der Waals surface area contributed by atoms with Gasteiger partial charge in [-0.15, -0.1) is 0 Å². The number of nitro benzene ring substituents is 1. The smallest absolute Gasteiger partial charge is 0.271 e. The predicted molar refractivity (Wildman–Crippen MR) is 93.0 cm³/mol. The Bertz CT molecular complexity index is 836. The van der Waals surface area contributed by atoms with Crippen LogP contribution in [0.5, 0.6) is 0 Å². The number of piperidine rings is 1. The zero-order chi connectivity index (χ0) is 18.7. The minimum Gasteiger partial charge on any atom is -0.369 e. The highest BCUT2D eigenvalue weighted by Crippen LogP contribution is 2.27. The molecule has 1 fully saturated rings. The van der Waals surface area contributed by atoms with Crippen molar-refractivity contribution in [3.8, 4) is 0 Å². The Hall–Kier alpha value is -3.03. The Morgan fingerprint density at radius 3 is 2.46 bits per heavy atom. The number of carbonyl (C=O) groups is 1. The molecule has 1 aliphatic rings. The van der Waals surface area contributed by atoms with Gasteiger partial charge in [0.2, 0.25) is 5.91 Å². The van der Waals surface area contributed by atoms with Crippen LogP contribution in [0.25, 0.3) is 0 Å². The number of hydrogen-bond donors (Lipinski definition) is 1. The lowest BCUT2D eigenvalue weighted by molar-refractivity contribution is -0.384. The van der Waals surface area contributed by atoms with Crippen LogP contribution < -0.4 is 10.2 Å². The molecule has 1 heterocycles. The van der Waals surface area contributed by atoms with Crippen molar-refractivity contribution in [1.82, 2.24) is 0 Å². The van der Waals surface area contributed by atoms with Gasteiger partial charge in [0.1, 0.15) is 11.6 Å².